The number of aromatic nitrogens is 3. The van der Waals surface area contributed by atoms with Gasteiger partial charge in [0.05, 0.1) is 0 Å². The molecule has 0 saturated heterocycles. The predicted octanol–water partition coefficient (Wildman–Crippen LogP) is 0.483. The van der Waals surface area contributed by atoms with Crippen molar-refractivity contribution in [3.63, 3.8) is 0 Å². The van der Waals surface area contributed by atoms with Gasteiger partial charge in [-0.25, -0.2) is 4.79 Å². The van der Waals surface area contributed by atoms with Gasteiger partial charge in [0, 0.05) is 36.6 Å². The van der Waals surface area contributed by atoms with Gasteiger partial charge in [-0.1, -0.05) is 6.07 Å². The maximum atomic E-state index is 11.5. The minimum absolute atomic E-state index is 0.330. The highest BCUT2D eigenvalue weighted by Gasteiger charge is 2.01. The third-order valence-corrected chi connectivity index (χ3v) is 2.52. The first kappa shape index (κ1) is 11.3. The molecule has 0 saturated carbocycles. The highest BCUT2D eigenvalue weighted by molar-refractivity contribution is 5.04. The lowest BCUT2D eigenvalue weighted by atomic mass is 10.2. The second-order valence-corrected chi connectivity index (χ2v) is 3.84. The van der Waals surface area contributed by atoms with Crippen LogP contribution in [0.15, 0.2) is 40.2 Å². The number of rotatable bonds is 3. The van der Waals surface area contributed by atoms with Gasteiger partial charge in [0.25, 0.3) is 5.56 Å². The zero-order valence-corrected chi connectivity index (χ0v) is 9.51. The van der Waals surface area contributed by atoms with E-state index in [1.165, 1.54) is 4.57 Å². The van der Waals surface area contributed by atoms with Crippen LogP contribution in [0.2, 0.25) is 0 Å². The molecule has 0 fully saturated rings. The number of nitrogens with one attached hydrogen (secondary N) is 1. The van der Waals surface area contributed by atoms with Crippen LogP contribution in [0.5, 0.6) is 0 Å². The van der Waals surface area contributed by atoms with Gasteiger partial charge in [0.2, 0.25) is 0 Å². The summed E-state index contributed by atoms with van der Waals surface area (Å²) in [5.41, 5.74) is 0.745. The molecule has 0 atom stereocenters. The van der Waals surface area contributed by atoms with Crippen LogP contribution in [0, 0.1) is 6.92 Å². The SMILES string of the molecule is Cc1cn(CCc2ccccn2)c(=O)[nH]c1=O. The van der Waals surface area contributed by atoms with Crippen molar-refractivity contribution in [1.82, 2.24) is 14.5 Å². The van der Waals surface area contributed by atoms with E-state index in [-0.39, 0.29) is 11.2 Å². The molecule has 88 valence electrons. The van der Waals surface area contributed by atoms with Gasteiger partial charge in [-0.15, -0.1) is 0 Å². The van der Waals surface area contributed by atoms with Gasteiger partial charge in [-0.05, 0) is 19.1 Å². The Morgan fingerprint density at radius 2 is 2.18 bits per heavy atom. The van der Waals surface area contributed by atoms with Crippen molar-refractivity contribution in [3.8, 4) is 0 Å². The number of nitrogens with zero attached hydrogens (tertiary/aromatic N) is 2. The average molecular weight is 231 g/mol. The first-order valence-electron chi connectivity index (χ1n) is 5.37. The van der Waals surface area contributed by atoms with Crippen LogP contribution in [0.1, 0.15) is 11.3 Å². The largest absolute Gasteiger partial charge is 0.328 e. The van der Waals surface area contributed by atoms with Crippen LogP contribution >= 0.6 is 0 Å². The molecule has 5 heteroatoms. The maximum absolute atomic E-state index is 11.5. The summed E-state index contributed by atoms with van der Waals surface area (Å²) >= 11 is 0. The molecular formula is C12H13N3O2. The molecule has 2 aromatic rings. The third kappa shape index (κ3) is 2.69. The minimum Gasteiger partial charge on any atom is -0.300 e. The lowest BCUT2D eigenvalue weighted by molar-refractivity contribution is 0.634. The first-order valence-corrected chi connectivity index (χ1v) is 5.37. The van der Waals surface area contributed by atoms with E-state index in [9.17, 15) is 9.59 Å². The maximum Gasteiger partial charge on any atom is 0.328 e. The first-order chi connectivity index (χ1) is 8.16. The standard InChI is InChI=1S/C12H13N3O2/c1-9-8-15(12(17)14-11(9)16)7-5-10-4-2-3-6-13-10/h2-4,6,8H,5,7H2,1H3,(H,14,16,17). The molecule has 0 amide bonds. The number of hydrogen-bond donors (Lipinski definition) is 1. The second kappa shape index (κ2) is 4.78. The summed E-state index contributed by atoms with van der Waals surface area (Å²) in [4.78, 5) is 29.1. The monoisotopic (exact) mass is 231 g/mol. The number of H-pyrrole nitrogens is 1. The average Bonchev–Trinajstić information content (AvgIpc) is 2.33. The molecule has 0 aliphatic rings. The minimum atomic E-state index is -0.378. The molecule has 0 spiro atoms. The Hall–Kier alpha value is -2.17. The quantitative estimate of drug-likeness (QED) is 0.835. The lowest BCUT2D eigenvalue weighted by Crippen LogP contribution is -2.31. The van der Waals surface area contributed by atoms with E-state index in [4.69, 9.17) is 0 Å². The molecule has 1 N–H and O–H groups in total. The molecule has 2 heterocycles. The smallest absolute Gasteiger partial charge is 0.300 e. The van der Waals surface area contributed by atoms with Crippen molar-refractivity contribution in [2.75, 3.05) is 0 Å². The second-order valence-electron chi connectivity index (χ2n) is 3.84. The molecule has 0 bridgehead atoms. The van der Waals surface area contributed by atoms with Crippen LogP contribution in [0.3, 0.4) is 0 Å². The summed E-state index contributed by atoms with van der Waals surface area (Å²) < 4.78 is 1.49. The fourth-order valence-corrected chi connectivity index (χ4v) is 1.57. The van der Waals surface area contributed by atoms with Gasteiger partial charge in [-0.3, -0.25) is 19.3 Å². The van der Waals surface area contributed by atoms with Crippen molar-refractivity contribution in [2.24, 2.45) is 0 Å². The summed E-state index contributed by atoms with van der Waals surface area (Å²) in [6.07, 6.45) is 3.95. The Bertz CT molecular complexity index is 614. The Morgan fingerprint density at radius 3 is 2.88 bits per heavy atom. The van der Waals surface area contributed by atoms with E-state index in [1.807, 2.05) is 18.2 Å². The van der Waals surface area contributed by atoms with Crippen molar-refractivity contribution in [1.29, 1.82) is 0 Å². The van der Waals surface area contributed by atoms with Crippen LogP contribution in [-0.2, 0) is 13.0 Å². The Morgan fingerprint density at radius 1 is 1.35 bits per heavy atom. The van der Waals surface area contributed by atoms with E-state index in [2.05, 4.69) is 9.97 Å². The van der Waals surface area contributed by atoms with Crippen LogP contribution in [0.4, 0.5) is 0 Å². The fraction of sp³-hybridized carbons (Fsp3) is 0.250. The molecule has 0 aliphatic heterocycles. The van der Waals surface area contributed by atoms with E-state index < -0.39 is 0 Å². The molecule has 5 nitrogen and oxygen atoms in total. The number of hydrogen-bond acceptors (Lipinski definition) is 3. The topological polar surface area (TPSA) is 67.8 Å². The number of pyridine rings is 1. The van der Waals surface area contributed by atoms with Gasteiger partial charge >= 0.3 is 5.69 Å². The normalized spacial score (nSPS) is 10.4. The molecule has 2 aromatic heterocycles. The van der Waals surface area contributed by atoms with Crippen molar-refractivity contribution >= 4 is 0 Å². The van der Waals surface area contributed by atoms with Gasteiger partial charge in [0.1, 0.15) is 0 Å². The summed E-state index contributed by atoms with van der Waals surface area (Å²) in [5.74, 6) is 0. The number of aryl methyl sites for hydroxylation is 3. The highest BCUT2D eigenvalue weighted by atomic mass is 16.2. The van der Waals surface area contributed by atoms with E-state index in [0.29, 0.717) is 18.5 Å². The summed E-state index contributed by atoms with van der Waals surface area (Å²) in [7, 11) is 0. The summed E-state index contributed by atoms with van der Waals surface area (Å²) in [6, 6.07) is 5.66. The predicted molar refractivity (Wildman–Crippen MR) is 64.0 cm³/mol. The third-order valence-electron chi connectivity index (χ3n) is 2.52. The van der Waals surface area contributed by atoms with Crippen LogP contribution in [-0.4, -0.2) is 14.5 Å². The van der Waals surface area contributed by atoms with E-state index >= 15 is 0 Å². The van der Waals surface area contributed by atoms with E-state index in [1.54, 1.807) is 19.3 Å². The Labute approximate surface area is 97.8 Å². The Kier molecular flexibility index (Phi) is 3.18. The van der Waals surface area contributed by atoms with Gasteiger partial charge < -0.3 is 0 Å². The molecular weight excluding hydrogens is 218 g/mol. The molecule has 0 aliphatic carbocycles. The lowest BCUT2D eigenvalue weighted by Gasteiger charge is -2.05. The van der Waals surface area contributed by atoms with Crippen molar-refractivity contribution in [2.45, 2.75) is 19.9 Å². The van der Waals surface area contributed by atoms with Gasteiger partial charge in [-0.2, -0.15) is 0 Å². The van der Waals surface area contributed by atoms with Gasteiger partial charge in [0.15, 0.2) is 0 Å². The zero-order chi connectivity index (χ0) is 12.3. The number of aromatic amines is 1. The summed E-state index contributed by atoms with van der Waals surface area (Å²) in [5, 5.41) is 0. The molecule has 2 rings (SSSR count). The van der Waals surface area contributed by atoms with Crippen LogP contribution < -0.4 is 11.2 Å². The molecule has 0 unspecified atom stereocenters. The highest BCUT2D eigenvalue weighted by Crippen LogP contribution is 1.96. The Balaban J connectivity index is 2.18. The van der Waals surface area contributed by atoms with Crippen molar-refractivity contribution in [3.05, 3.63) is 62.7 Å². The molecule has 0 radical (unpaired) electrons. The van der Waals surface area contributed by atoms with Crippen LogP contribution in [0.25, 0.3) is 0 Å². The zero-order valence-electron chi connectivity index (χ0n) is 9.51. The van der Waals surface area contributed by atoms with Crippen molar-refractivity contribution < 1.29 is 0 Å². The fourth-order valence-electron chi connectivity index (χ4n) is 1.57. The van der Waals surface area contributed by atoms with E-state index in [0.717, 1.165) is 5.69 Å². The molecule has 17 heavy (non-hydrogen) atoms. The molecule has 0 aromatic carbocycles. The summed E-state index contributed by atoms with van der Waals surface area (Å²) in [6.45, 7) is 2.18.